The van der Waals surface area contributed by atoms with Gasteiger partial charge in [-0.1, -0.05) is 36.4 Å². The second kappa shape index (κ2) is 5.14. The lowest BCUT2D eigenvalue weighted by Crippen LogP contribution is -2.16. The van der Waals surface area contributed by atoms with Crippen LogP contribution in [0.5, 0.6) is 0 Å². The zero-order chi connectivity index (χ0) is 13.0. The van der Waals surface area contributed by atoms with Gasteiger partial charge in [0.2, 0.25) is 16.0 Å². The molecule has 0 atom stereocenters. The molecule has 0 fully saturated rings. The third-order valence-electron chi connectivity index (χ3n) is 2.17. The predicted molar refractivity (Wildman–Crippen MR) is 66.9 cm³/mol. The van der Waals surface area contributed by atoms with Gasteiger partial charge in [-0.15, -0.1) is 0 Å². The van der Waals surface area contributed by atoms with E-state index >= 15 is 0 Å². The number of rotatable bonds is 4. The number of hydrogen-bond acceptors (Lipinski definition) is 3. The summed E-state index contributed by atoms with van der Waals surface area (Å²) in [5, 5.41) is 0. The van der Waals surface area contributed by atoms with Crippen LogP contribution < -0.4 is 4.72 Å². The number of nitrogens with zero attached hydrogens (tertiary/aromatic N) is 1. The van der Waals surface area contributed by atoms with Gasteiger partial charge < -0.3 is 0 Å². The fourth-order valence-electron chi connectivity index (χ4n) is 1.45. The van der Waals surface area contributed by atoms with Crippen LogP contribution in [0.2, 0.25) is 0 Å². The van der Waals surface area contributed by atoms with Crippen LogP contribution in [0.4, 0.5) is 10.2 Å². The Morgan fingerprint density at radius 1 is 1.06 bits per heavy atom. The lowest BCUT2D eigenvalue weighted by Gasteiger charge is -2.07. The SMILES string of the molecule is O=S(=O)(Cc1ccccc1)Nc1cccc(F)n1. The molecule has 0 spiro atoms. The van der Waals surface area contributed by atoms with Gasteiger partial charge in [0, 0.05) is 0 Å². The predicted octanol–water partition coefficient (Wildman–Crippen LogP) is 2.16. The van der Waals surface area contributed by atoms with Crippen molar-refractivity contribution in [3.05, 3.63) is 60.0 Å². The molecule has 0 radical (unpaired) electrons. The van der Waals surface area contributed by atoms with Crippen molar-refractivity contribution >= 4 is 15.8 Å². The fraction of sp³-hybridized carbons (Fsp3) is 0.0833. The van der Waals surface area contributed by atoms with Gasteiger partial charge in [0.15, 0.2) is 0 Å². The van der Waals surface area contributed by atoms with E-state index in [0.717, 1.165) is 6.07 Å². The molecule has 2 aromatic rings. The molecule has 0 aliphatic rings. The van der Waals surface area contributed by atoms with Gasteiger partial charge in [-0.25, -0.2) is 13.4 Å². The van der Waals surface area contributed by atoms with Crippen LogP contribution in [0, 0.1) is 5.95 Å². The van der Waals surface area contributed by atoms with E-state index in [0.29, 0.717) is 5.56 Å². The fourth-order valence-corrected chi connectivity index (χ4v) is 2.59. The first kappa shape index (κ1) is 12.5. The van der Waals surface area contributed by atoms with E-state index in [4.69, 9.17) is 0 Å². The average Bonchev–Trinajstić information content (AvgIpc) is 2.28. The molecule has 4 nitrogen and oxygen atoms in total. The highest BCUT2D eigenvalue weighted by Crippen LogP contribution is 2.10. The minimum absolute atomic E-state index is 0.0223. The number of halogens is 1. The maximum atomic E-state index is 12.8. The van der Waals surface area contributed by atoms with Crippen LogP contribution >= 0.6 is 0 Å². The van der Waals surface area contributed by atoms with Crippen molar-refractivity contribution in [1.29, 1.82) is 0 Å². The Kier molecular flexibility index (Phi) is 3.57. The number of nitrogens with one attached hydrogen (secondary N) is 1. The molecule has 0 unspecified atom stereocenters. The Hall–Kier alpha value is -1.95. The first-order valence-corrected chi connectivity index (χ1v) is 6.87. The maximum absolute atomic E-state index is 12.8. The molecule has 18 heavy (non-hydrogen) atoms. The van der Waals surface area contributed by atoms with E-state index in [1.807, 2.05) is 0 Å². The van der Waals surface area contributed by atoms with Gasteiger partial charge in [0.1, 0.15) is 5.82 Å². The number of sulfonamides is 1. The molecule has 94 valence electrons. The molecule has 1 heterocycles. The van der Waals surface area contributed by atoms with Crippen molar-refractivity contribution in [2.75, 3.05) is 4.72 Å². The van der Waals surface area contributed by atoms with Crippen molar-refractivity contribution < 1.29 is 12.8 Å². The molecule has 2 rings (SSSR count). The highest BCUT2D eigenvalue weighted by Gasteiger charge is 2.12. The molecule has 1 N–H and O–H groups in total. The lowest BCUT2D eigenvalue weighted by molar-refractivity contribution is 0.584. The zero-order valence-electron chi connectivity index (χ0n) is 9.38. The summed E-state index contributed by atoms with van der Waals surface area (Å²) in [7, 11) is -3.58. The molecule has 0 bridgehead atoms. The second-order valence-corrected chi connectivity index (χ2v) is 5.41. The minimum atomic E-state index is -3.58. The molecule has 1 aromatic heterocycles. The Balaban J connectivity index is 2.13. The van der Waals surface area contributed by atoms with Gasteiger partial charge in [0.25, 0.3) is 0 Å². The van der Waals surface area contributed by atoms with E-state index in [1.165, 1.54) is 12.1 Å². The first-order chi connectivity index (χ1) is 8.55. The molecule has 0 saturated heterocycles. The monoisotopic (exact) mass is 266 g/mol. The number of aromatic nitrogens is 1. The largest absolute Gasteiger partial charge is 0.267 e. The Morgan fingerprint density at radius 3 is 2.44 bits per heavy atom. The average molecular weight is 266 g/mol. The van der Waals surface area contributed by atoms with Crippen LogP contribution in [-0.2, 0) is 15.8 Å². The second-order valence-electron chi connectivity index (χ2n) is 3.69. The summed E-state index contributed by atoms with van der Waals surface area (Å²) >= 11 is 0. The highest BCUT2D eigenvalue weighted by atomic mass is 32.2. The normalized spacial score (nSPS) is 11.2. The Morgan fingerprint density at radius 2 is 1.78 bits per heavy atom. The topological polar surface area (TPSA) is 59.1 Å². The van der Waals surface area contributed by atoms with Crippen molar-refractivity contribution in [3.63, 3.8) is 0 Å². The van der Waals surface area contributed by atoms with E-state index in [-0.39, 0.29) is 11.6 Å². The van der Waals surface area contributed by atoms with Gasteiger partial charge in [0.05, 0.1) is 5.75 Å². The van der Waals surface area contributed by atoms with Gasteiger partial charge in [-0.05, 0) is 17.7 Å². The first-order valence-electron chi connectivity index (χ1n) is 5.22. The molecule has 0 saturated carbocycles. The third-order valence-corrected chi connectivity index (χ3v) is 3.41. The number of anilines is 1. The molecule has 0 amide bonds. The van der Waals surface area contributed by atoms with Crippen molar-refractivity contribution in [2.45, 2.75) is 5.75 Å². The van der Waals surface area contributed by atoms with Gasteiger partial charge in [-0.2, -0.15) is 4.39 Å². The summed E-state index contributed by atoms with van der Waals surface area (Å²) in [6.45, 7) is 0. The Labute approximate surface area is 105 Å². The van der Waals surface area contributed by atoms with E-state index in [2.05, 4.69) is 9.71 Å². The van der Waals surface area contributed by atoms with E-state index in [9.17, 15) is 12.8 Å². The molecule has 1 aromatic carbocycles. The van der Waals surface area contributed by atoms with Crippen molar-refractivity contribution in [3.8, 4) is 0 Å². The van der Waals surface area contributed by atoms with Gasteiger partial charge >= 0.3 is 0 Å². The summed E-state index contributed by atoms with van der Waals surface area (Å²) in [6.07, 6.45) is 0. The molecule has 0 aliphatic carbocycles. The van der Waals surface area contributed by atoms with Gasteiger partial charge in [-0.3, -0.25) is 4.72 Å². The number of benzene rings is 1. The molecular formula is C12H11FN2O2S. The standard InChI is InChI=1S/C12H11FN2O2S/c13-11-7-4-8-12(14-11)15-18(16,17)9-10-5-2-1-3-6-10/h1-8H,9H2,(H,14,15). The summed E-state index contributed by atoms with van der Waals surface area (Å²) < 4.78 is 38.7. The van der Waals surface area contributed by atoms with Crippen LogP contribution in [0.3, 0.4) is 0 Å². The van der Waals surface area contributed by atoms with E-state index < -0.39 is 16.0 Å². The molecular weight excluding hydrogens is 255 g/mol. The molecule has 0 aliphatic heterocycles. The summed E-state index contributed by atoms with van der Waals surface area (Å²) in [6, 6.07) is 12.7. The van der Waals surface area contributed by atoms with Crippen LogP contribution in [0.15, 0.2) is 48.5 Å². The summed E-state index contributed by atoms with van der Waals surface area (Å²) in [5.74, 6) is -0.924. The summed E-state index contributed by atoms with van der Waals surface area (Å²) in [5.41, 5.74) is 0.654. The minimum Gasteiger partial charge on any atom is -0.267 e. The highest BCUT2D eigenvalue weighted by molar-refractivity contribution is 7.91. The Bertz CT molecular complexity index is 630. The van der Waals surface area contributed by atoms with Crippen molar-refractivity contribution in [2.24, 2.45) is 0 Å². The van der Waals surface area contributed by atoms with Crippen molar-refractivity contribution in [1.82, 2.24) is 4.98 Å². The molecule has 6 heteroatoms. The lowest BCUT2D eigenvalue weighted by atomic mass is 10.2. The summed E-state index contributed by atoms with van der Waals surface area (Å²) in [4.78, 5) is 3.44. The number of pyridine rings is 1. The maximum Gasteiger partial charge on any atom is 0.238 e. The smallest absolute Gasteiger partial charge is 0.238 e. The van der Waals surface area contributed by atoms with Crippen LogP contribution in [0.1, 0.15) is 5.56 Å². The number of hydrogen-bond donors (Lipinski definition) is 1. The zero-order valence-corrected chi connectivity index (χ0v) is 10.2. The quantitative estimate of drug-likeness (QED) is 0.863. The van der Waals surface area contributed by atoms with E-state index in [1.54, 1.807) is 30.3 Å². The van der Waals surface area contributed by atoms with Crippen LogP contribution in [0.25, 0.3) is 0 Å². The third kappa shape index (κ3) is 3.53. The van der Waals surface area contributed by atoms with Crippen LogP contribution in [-0.4, -0.2) is 13.4 Å².